The number of rotatable bonds is 4. The maximum Gasteiger partial charge on any atom is 0.213 e. The van der Waals surface area contributed by atoms with E-state index in [1.54, 1.807) is 6.20 Å². The minimum Gasteiger partial charge on any atom is -0.444 e. The Hall–Kier alpha value is -1.33. The number of halogens is 1. The zero-order chi connectivity index (χ0) is 12.3. The van der Waals surface area contributed by atoms with Crippen molar-refractivity contribution in [1.29, 1.82) is 0 Å². The van der Waals surface area contributed by atoms with Crippen molar-refractivity contribution in [3.05, 3.63) is 46.1 Å². The van der Waals surface area contributed by atoms with E-state index < -0.39 is 0 Å². The van der Waals surface area contributed by atoms with Gasteiger partial charge < -0.3 is 14.8 Å². The van der Waals surface area contributed by atoms with E-state index in [-0.39, 0.29) is 6.61 Å². The molecule has 2 rings (SSSR count). The van der Waals surface area contributed by atoms with E-state index >= 15 is 0 Å². The third kappa shape index (κ3) is 3.08. The van der Waals surface area contributed by atoms with Crippen LogP contribution in [0, 0.1) is 6.92 Å². The van der Waals surface area contributed by atoms with Crippen molar-refractivity contribution in [2.24, 2.45) is 0 Å². The van der Waals surface area contributed by atoms with E-state index in [2.05, 4.69) is 26.2 Å². The molecule has 0 atom stereocenters. The number of aliphatic hydroxyl groups excluding tert-OH is 1. The molecule has 0 amide bonds. The van der Waals surface area contributed by atoms with Crippen LogP contribution in [0.15, 0.2) is 33.3 Å². The monoisotopic (exact) mass is 296 g/mol. The normalized spacial score (nSPS) is 10.5. The molecule has 2 N–H and O–H groups in total. The number of oxazole rings is 1. The van der Waals surface area contributed by atoms with Crippen molar-refractivity contribution in [2.75, 3.05) is 5.32 Å². The van der Waals surface area contributed by atoms with Crippen molar-refractivity contribution in [1.82, 2.24) is 4.98 Å². The Morgan fingerprint density at radius 3 is 2.94 bits per heavy atom. The van der Waals surface area contributed by atoms with Gasteiger partial charge in [-0.05, 0) is 25.1 Å². The van der Waals surface area contributed by atoms with Crippen LogP contribution in [0.2, 0.25) is 0 Å². The van der Waals surface area contributed by atoms with Crippen molar-refractivity contribution < 1.29 is 9.52 Å². The quantitative estimate of drug-likeness (QED) is 0.911. The van der Waals surface area contributed by atoms with Crippen LogP contribution in [0.5, 0.6) is 0 Å². The highest BCUT2D eigenvalue weighted by Gasteiger charge is 2.04. The highest BCUT2D eigenvalue weighted by molar-refractivity contribution is 9.10. The summed E-state index contributed by atoms with van der Waals surface area (Å²) in [5.41, 5.74) is 1.72. The second-order valence-electron chi connectivity index (χ2n) is 3.68. The van der Waals surface area contributed by atoms with Crippen LogP contribution in [-0.2, 0) is 13.2 Å². The Morgan fingerprint density at radius 1 is 1.47 bits per heavy atom. The van der Waals surface area contributed by atoms with Crippen LogP contribution in [0.25, 0.3) is 0 Å². The van der Waals surface area contributed by atoms with E-state index in [1.807, 2.05) is 25.1 Å². The molecule has 0 spiro atoms. The topological polar surface area (TPSA) is 58.3 Å². The standard InChI is InChI=1S/C12H13BrN2O2/c1-8-5-15-12(17-8)6-14-11-3-2-10(13)4-9(11)7-16/h2-5,14,16H,6-7H2,1H3. The lowest BCUT2D eigenvalue weighted by molar-refractivity contribution is 0.282. The Balaban J connectivity index is 2.08. The first kappa shape index (κ1) is 12.1. The summed E-state index contributed by atoms with van der Waals surface area (Å²) in [6, 6.07) is 5.71. The van der Waals surface area contributed by atoms with Crippen LogP contribution in [0.1, 0.15) is 17.2 Å². The first-order chi connectivity index (χ1) is 8.19. The van der Waals surface area contributed by atoms with Gasteiger partial charge in [0.2, 0.25) is 5.89 Å². The fraction of sp³-hybridized carbons (Fsp3) is 0.250. The van der Waals surface area contributed by atoms with Gasteiger partial charge >= 0.3 is 0 Å². The predicted octanol–water partition coefficient (Wildman–Crippen LogP) is 2.85. The van der Waals surface area contributed by atoms with Crippen molar-refractivity contribution in [2.45, 2.75) is 20.1 Å². The molecule has 0 saturated carbocycles. The molecule has 0 aliphatic rings. The van der Waals surface area contributed by atoms with Crippen molar-refractivity contribution in [3.8, 4) is 0 Å². The van der Waals surface area contributed by atoms with Crippen LogP contribution in [-0.4, -0.2) is 10.1 Å². The summed E-state index contributed by atoms with van der Waals surface area (Å²) in [5, 5.41) is 12.4. The second kappa shape index (κ2) is 5.33. The van der Waals surface area contributed by atoms with E-state index in [4.69, 9.17) is 4.42 Å². The molecule has 2 aromatic rings. The summed E-state index contributed by atoms with van der Waals surface area (Å²) in [6.45, 7) is 2.35. The summed E-state index contributed by atoms with van der Waals surface area (Å²) < 4.78 is 6.30. The summed E-state index contributed by atoms with van der Waals surface area (Å²) >= 11 is 3.37. The van der Waals surface area contributed by atoms with E-state index in [0.29, 0.717) is 12.4 Å². The zero-order valence-electron chi connectivity index (χ0n) is 9.40. The van der Waals surface area contributed by atoms with Crippen LogP contribution in [0.3, 0.4) is 0 Å². The largest absolute Gasteiger partial charge is 0.444 e. The molecule has 0 radical (unpaired) electrons. The summed E-state index contributed by atoms with van der Waals surface area (Å²) in [4.78, 5) is 4.10. The van der Waals surface area contributed by atoms with Gasteiger partial charge in [-0.15, -0.1) is 0 Å². The molecule has 1 aromatic carbocycles. The summed E-state index contributed by atoms with van der Waals surface area (Å²) in [6.07, 6.45) is 1.69. The molecule has 0 aliphatic heterocycles. The molecule has 90 valence electrons. The molecule has 0 unspecified atom stereocenters. The number of hydrogen-bond donors (Lipinski definition) is 2. The minimum atomic E-state index is -0.00756. The Labute approximate surface area is 108 Å². The zero-order valence-corrected chi connectivity index (χ0v) is 11.0. The minimum absolute atomic E-state index is 0.00756. The van der Waals surface area contributed by atoms with Crippen LogP contribution < -0.4 is 5.32 Å². The maximum absolute atomic E-state index is 9.24. The van der Waals surface area contributed by atoms with Gasteiger partial charge in [0.05, 0.1) is 19.3 Å². The number of hydrogen-bond acceptors (Lipinski definition) is 4. The number of nitrogens with one attached hydrogen (secondary N) is 1. The molecule has 0 bridgehead atoms. The lowest BCUT2D eigenvalue weighted by atomic mass is 10.2. The highest BCUT2D eigenvalue weighted by Crippen LogP contribution is 2.21. The number of aliphatic hydroxyl groups is 1. The summed E-state index contributed by atoms with van der Waals surface area (Å²) in [7, 11) is 0. The number of nitrogens with zero attached hydrogens (tertiary/aromatic N) is 1. The molecule has 1 aromatic heterocycles. The van der Waals surface area contributed by atoms with Gasteiger partial charge in [0, 0.05) is 15.7 Å². The molecule has 0 saturated heterocycles. The number of aryl methyl sites for hydroxylation is 1. The molecule has 0 fully saturated rings. The van der Waals surface area contributed by atoms with Gasteiger partial charge in [0.1, 0.15) is 5.76 Å². The van der Waals surface area contributed by atoms with E-state index in [9.17, 15) is 5.11 Å². The molecule has 17 heavy (non-hydrogen) atoms. The molecule has 1 heterocycles. The van der Waals surface area contributed by atoms with Crippen LogP contribution in [0.4, 0.5) is 5.69 Å². The SMILES string of the molecule is Cc1cnc(CNc2ccc(Br)cc2CO)o1. The van der Waals surface area contributed by atoms with E-state index in [1.165, 1.54) is 0 Å². The fourth-order valence-electron chi connectivity index (χ4n) is 1.52. The third-order valence-corrected chi connectivity index (χ3v) is 2.83. The van der Waals surface area contributed by atoms with Crippen molar-refractivity contribution in [3.63, 3.8) is 0 Å². The first-order valence-corrected chi connectivity index (χ1v) is 6.03. The number of benzene rings is 1. The lowest BCUT2D eigenvalue weighted by Gasteiger charge is -2.09. The average molecular weight is 297 g/mol. The molecule has 5 heteroatoms. The third-order valence-electron chi connectivity index (χ3n) is 2.34. The van der Waals surface area contributed by atoms with Gasteiger partial charge in [-0.1, -0.05) is 15.9 Å². The molecule has 0 aliphatic carbocycles. The molecular weight excluding hydrogens is 284 g/mol. The number of anilines is 1. The van der Waals surface area contributed by atoms with Crippen LogP contribution >= 0.6 is 15.9 Å². The first-order valence-electron chi connectivity index (χ1n) is 5.23. The summed E-state index contributed by atoms with van der Waals surface area (Å²) in [5.74, 6) is 1.43. The molecule has 4 nitrogen and oxygen atoms in total. The predicted molar refractivity (Wildman–Crippen MR) is 68.6 cm³/mol. The Bertz CT molecular complexity index is 511. The second-order valence-corrected chi connectivity index (χ2v) is 4.59. The molecular formula is C12H13BrN2O2. The number of aromatic nitrogens is 1. The van der Waals surface area contributed by atoms with Gasteiger partial charge in [-0.25, -0.2) is 4.98 Å². The van der Waals surface area contributed by atoms with Gasteiger partial charge in [0.25, 0.3) is 0 Å². The average Bonchev–Trinajstić information content (AvgIpc) is 2.73. The van der Waals surface area contributed by atoms with E-state index in [0.717, 1.165) is 21.5 Å². The Kier molecular flexibility index (Phi) is 3.81. The van der Waals surface area contributed by atoms with Gasteiger partial charge in [-0.2, -0.15) is 0 Å². The fourth-order valence-corrected chi connectivity index (χ4v) is 1.93. The van der Waals surface area contributed by atoms with Gasteiger partial charge in [0.15, 0.2) is 0 Å². The van der Waals surface area contributed by atoms with Gasteiger partial charge in [-0.3, -0.25) is 0 Å². The maximum atomic E-state index is 9.24. The lowest BCUT2D eigenvalue weighted by Crippen LogP contribution is -2.02. The highest BCUT2D eigenvalue weighted by atomic mass is 79.9. The smallest absolute Gasteiger partial charge is 0.213 e. The van der Waals surface area contributed by atoms with Crippen molar-refractivity contribution >= 4 is 21.6 Å². The Morgan fingerprint density at radius 2 is 2.29 bits per heavy atom.